The van der Waals surface area contributed by atoms with E-state index in [1.807, 2.05) is 54.8 Å². The summed E-state index contributed by atoms with van der Waals surface area (Å²) in [5.74, 6) is -0.782. The van der Waals surface area contributed by atoms with Gasteiger partial charge in [-0.3, -0.25) is 4.79 Å². The number of carbonyl (C=O) groups is 2. The molecule has 26 heavy (non-hydrogen) atoms. The third-order valence-corrected chi connectivity index (χ3v) is 4.82. The quantitative estimate of drug-likeness (QED) is 0.532. The topological polar surface area (TPSA) is 62.4 Å². The fourth-order valence-electron chi connectivity index (χ4n) is 2.59. The Morgan fingerprint density at radius 1 is 1.12 bits per heavy atom. The molecule has 0 fully saturated rings. The lowest BCUT2D eigenvalue weighted by molar-refractivity contribution is -0.133. The number of esters is 1. The number of aromatic amines is 1. The first kappa shape index (κ1) is 18.1. The molecule has 0 unspecified atom stereocenters. The van der Waals surface area contributed by atoms with E-state index >= 15 is 0 Å². The first-order chi connectivity index (χ1) is 12.6. The minimum Gasteiger partial charge on any atom is -0.451 e. The lowest BCUT2D eigenvalue weighted by Gasteiger charge is -2.17. The Kier molecular flexibility index (Phi) is 5.63. The number of fused-ring (bicyclic) bond motifs is 1. The largest absolute Gasteiger partial charge is 0.451 e. The normalized spacial score (nSPS) is 10.7. The molecule has 1 amide bonds. The van der Waals surface area contributed by atoms with Gasteiger partial charge in [0.2, 0.25) is 0 Å². The summed E-state index contributed by atoms with van der Waals surface area (Å²) in [6.07, 6.45) is 2.02. The van der Waals surface area contributed by atoms with Gasteiger partial charge in [-0.25, -0.2) is 4.79 Å². The average Bonchev–Trinajstić information content (AvgIpc) is 3.10. The Morgan fingerprint density at radius 2 is 1.85 bits per heavy atom. The van der Waals surface area contributed by atoms with Crippen molar-refractivity contribution in [3.63, 3.8) is 0 Å². The molecule has 0 saturated heterocycles. The first-order valence-corrected chi connectivity index (χ1v) is 9.41. The summed E-state index contributed by atoms with van der Waals surface area (Å²) in [5, 5.41) is 0.927. The van der Waals surface area contributed by atoms with Crippen LogP contribution < -0.4 is 0 Å². The van der Waals surface area contributed by atoms with Crippen molar-refractivity contribution < 1.29 is 14.3 Å². The molecule has 6 heteroatoms. The standard InChI is InChI=1S/C20H20N2O3S/c1-22(12-14-7-9-16(26-2)10-8-14)19(23)13-25-20(24)18-11-15-5-3-4-6-17(15)21-18/h3-11,21H,12-13H2,1-2H3. The SMILES string of the molecule is CSc1ccc(CN(C)C(=O)COC(=O)c2cc3ccccc3[nH]2)cc1. The molecule has 0 atom stereocenters. The maximum absolute atomic E-state index is 12.2. The van der Waals surface area contributed by atoms with Crippen LogP contribution in [0.25, 0.3) is 10.9 Å². The van der Waals surface area contributed by atoms with E-state index in [0.29, 0.717) is 12.2 Å². The molecule has 0 aliphatic carbocycles. The Morgan fingerprint density at radius 3 is 2.54 bits per heavy atom. The van der Waals surface area contributed by atoms with Gasteiger partial charge < -0.3 is 14.6 Å². The monoisotopic (exact) mass is 368 g/mol. The van der Waals surface area contributed by atoms with Crippen molar-refractivity contribution in [2.24, 2.45) is 0 Å². The van der Waals surface area contributed by atoms with Crippen molar-refractivity contribution in [3.05, 3.63) is 65.9 Å². The highest BCUT2D eigenvalue weighted by atomic mass is 32.2. The highest BCUT2D eigenvalue weighted by molar-refractivity contribution is 7.98. The number of para-hydroxylation sites is 1. The third kappa shape index (κ3) is 4.26. The van der Waals surface area contributed by atoms with Crippen LogP contribution in [0.4, 0.5) is 0 Å². The number of nitrogens with zero attached hydrogens (tertiary/aromatic N) is 1. The summed E-state index contributed by atoms with van der Waals surface area (Å²) in [5.41, 5.74) is 2.23. The second-order valence-corrected chi connectivity index (χ2v) is 6.82. The number of likely N-dealkylation sites (N-methyl/N-ethyl adjacent to an activating group) is 1. The van der Waals surface area contributed by atoms with E-state index in [1.165, 1.54) is 4.90 Å². The summed E-state index contributed by atoms with van der Waals surface area (Å²) in [6, 6.07) is 17.3. The van der Waals surface area contributed by atoms with Gasteiger partial charge >= 0.3 is 5.97 Å². The minimum atomic E-state index is -0.535. The molecule has 2 aromatic carbocycles. The van der Waals surface area contributed by atoms with Gasteiger partial charge in [0.1, 0.15) is 5.69 Å². The Bertz CT molecular complexity index is 885. The molecule has 134 valence electrons. The van der Waals surface area contributed by atoms with Crippen molar-refractivity contribution >= 4 is 34.5 Å². The second kappa shape index (κ2) is 8.10. The zero-order chi connectivity index (χ0) is 18.5. The van der Waals surface area contributed by atoms with Crippen molar-refractivity contribution in [1.82, 2.24) is 9.88 Å². The highest BCUT2D eigenvalue weighted by Crippen LogP contribution is 2.16. The van der Waals surface area contributed by atoms with E-state index in [4.69, 9.17) is 4.74 Å². The number of amides is 1. The van der Waals surface area contributed by atoms with E-state index in [0.717, 1.165) is 16.5 Å². The Balaban J connectivity index is 1.54. The average molecular weight is 368 g/mol. The van der Waals surface area contributed by atoms with E-state index in [-0.39, 0.29) is 12.5 Å². The molecular formula is C20H20N2O3S. The summed E-state index contributed by atoms with van der Waals surface area (Å²) >= 11 is 1.67. The van der Waals surface area contributed by atoms with Crippen LogP contribution in [-0.4, -0.2) is 41.7 Å². The number of aromatic nitrogens is 1. The number of carbonyl (C=O) groups excluding carboxylic acids is 2. The minimum absolute atomic E-state index is 0.247. The highest BCUT2D eigenvalue weighted by Gasteiger charge is 2.15. The van der Waals surface area contributed by atoms with Gasteiger partial charge in [-0.15, -0.1) is 11.8 Å². The smallest absolute Gasteiger partial charge is 0.355 e. The molecule has 0 aliphatic rings. The van der Waals surface area contributed by atoms with E-state index in [2.05, 4.69) is 4.98 Å². The zero-order valence-electron chi connectivity index (χ0n) is 14.7. The van der Waals surface area contributed by atoms with E-state index < -0.39 is 5.97 Å². The van der Waals surface area contributed by atoms with E-state index in [1.54, 1.807) is 29.8 Å². The number of rotatable bonds is 6. The van der Waals surface area contributed by atoms with Gasteiger partial charge in [0.15, 0.2) is 6.61 Å². The lowest BCUT2D eigenvalue weighted by Crippen LogP contribution is -2.30. The van der Waals surface area contributed by atoms with Gasteiger partial charge in [0.05, 0.1) is 0 Å². The first-order valence-electron chi connectivity index (χ1n) is 8.18. The van der Waals surface area contributed by atoms with Gasteiger partial charge in [-0.05, 0) is 36.1 Å². The molecule has 5 nitrogen and oxygen atoms in total. The van der Waals surface area contributed by atoms with Crippen LogP contribution >= 0.6 is 11.8 Å². The van der Waals surface area contributed by atoms with Gasteiger partial charge in [0, 0.05) is 29.4 Å². The molecule has 1 heterocycles. The van der Waals surface area contributed by atoms with Gasteiger partial charge in [-0.1, -0.05) is 30.3 Å². The van der Waals surface area contributed by atoms with Crippen molar-refractivity contribution in [1.29, 1.82) is 0 Å². The molecule has 3 aromatic rings. The number of hydrogen-bond acceptors (Lipinski definition) is 4. The maximum atomic E-state index is 12.2. The number of hydrogen-bond donors (Lipinski definition) is 1. The summed E-state index contributed by atoms with van der Waals surface area (Å²) in [4.78, 5) is 30.1. The van der Waals surface area contributed by atoms with Crippen molar-refractivity contribution in [2.45, 2.75) is 11.4 Å². The van der Waals surface area contributed by atoms with Crippen LogP contribution in [0.1, 0.15) is 16.1 Å². The summed E-state index contributed by atoms with van der Waals surface area (Å²) in [7, 11) is 1.70. The molecule has 1 aromatic heterocycles. The second-order valence-electron chi connectivity index (χ2n) is 5.94. The van der Waals surface area contributed by atoms with Crippen LogP contribution in [0.3, 0.4) is 0 Å². The van der Waals surface area contributed by atoms with Gasteiger partial charge in [-0.2, -0.15) is 0 Å². The molecule has 0 saturated carbocycles. The molecule has 0 aliphatic heterocycles. The molecule has 3 rings (SSSR count). The number of thioether (sulfide) groups is 1. The van der Waals surface area contributed by atoms with Crippen LogP contribution in [-0.2, 0) is 16.1 Å². The Labute approximate surface area is 156 Å². The molecule has 0 spiro atoms. The number of benzene rings is 2. The fraction of sp³-hybridized carbons (Fsp3) is 0.200. The predicted molar refractivity (Wildman–Crippen MR) is 103 cm³/mol. The molecule has 0 bridgehead atoms. The van der Waals surface area contributed by atoms with Crippen LogP contribution in [0.5, 0.6) is 0 Å². The van der Waals surface area contributed by atoms with Gasteiger partial charge in [0.25, 0.3) is 5.91 Å². The Hall–Kier alpha value is -2.73. The van der Waals surface area contributed by atoms with Crippen molar-refractivity contribution in [2.75, 3.05) is 19.9 Å². The van der Waals surface area contributed by atoms with E-state index in [9.17, 15) is 9.59 Å². The zero-order valence-corrected chi connectivity index (χ0v) is 15.5. The van der Waals surface area contributed by atoms with Crippen LogP contribution in [0.15, 0.2) is 59.5 Å². The van der Waals surface area contributed by atoms with Crippen molar-refractivity contribution in [3.8, 4) is 0 Å². The summed E-state index contributed by atoms with van der Waals surface area (Å²) in [6.45, 7) is 0.186. The molecular weight excluding hydrogens is 348 g/mol. The fourth-order valence-corrected chi connectivity index (χ4v) is 3.00. The number of H-pyrrole nitrogens is 1. The predicted octanol–water partition coefficient (Wildman–Crippen LogP) is 3.71. The van der Waals surface area contributed by atoms with Crippen LogP contribution in [0.2, 0.25) is 0 Å². The summed E-state index contributed by atoms with van der Waals surface area (Å²) < 4.78 is 5.15. The number of nitrogens with one attached hydrogen (secondary N) is 1. The molecule has 0 radical (unpaired) electrons. The molecule has 1 N–H and O–H groups in total. The maximum Gasteiger partial charge on any atom is 0.355 e. The third-order valence-electron chi connectivity index (χ3n) is 4.08. The lowest BCUT2D eigenvalue weighted by atomic mass is 10.2. The van der Waals surface area contributed by atoms with Crippen LogP contribution in [0, 0.1) is 0 Å². The number of ether oxygens (including phenoxy) is 1.